The van der Waals surface area contributed by atoms with E-state index in [1.54, 1.807) is 24.3 Å². The number of nitrogens with one attached hydrogen (secondary N) is 2. The third-order valence-corrected chi connectivity index (χ3v) is 5.93. The number of esters is 1. The Labute approximate surface area is 196 Å². The standard InChI is InChI=1S/C25H17N3O5S/c29-22(19-11-6-12-32-19)26-18-10-5-4-9-16(18)25(31)33-13-20-27-23(30)21-17(14-34-24(21)28-20)15-7-2-1-3-8-15/h1-12,14H,13H2,(H,26,29)(H,27,28,30). The van der Waals surface area contributed by atoms with Crippen molar-refractivity contribution in [2.75, 3.05) is 5.32 Å². The normalized spacial score (nSPS) is 10.8. The van der Waals surface area contributed by atoms with E-state index in [-0.39, 0.29) is 35.0 Å². The topological polar surface area (TPSA) is 114 Å². The number of aromatic nitrogens is 2. The Morgan fingerprint density at radius 1 is 1.03 bits per heavy atom. The number of para-hydroxylation sites is 1. The molecule has 1 amide bonds. The Morgan fingerprint density at radius 2 is 1.82 bits per heavy atom. The predicted octanol–water partition coefficient (Wildman–Crippen LogP) is 4.85. The lowest BCUT2D eigenvalue weighted by atomic mass is 10.1. The van der Waals surface area contributed by atoms with Crippen LogP contribution in [0.3, 0.4) is 0 Å². The van der Waals surface area contributed by atoms with Crippen molar-refractivity contribution < 1.29 is 18.7 Å². The third-order valence-electron chi connectivity index (χ3n) is 5.06. The molecule has 8 nitrogen and oxygen atoms in total. The average Bonchev–Trinajstić information content (AvgIpc) is 3.54. The number of hydrogen-bond acceptors (Lipinski definition) is 7. The number of H-pyrrole nitrogens is 1. The van der Waals surface area contributed by atoms with E-state index in [1.165, 1.54) is 29.7 Å². The van der Waals surface area contributed by atoms with Gasteiger partial charge in [0.1, 0.15) is 17.3 Å². The number of hydrogen-bond donors (Lipinski definition) is 2. The summed E-state index contributed by atoms with van der Waals surface area (Å²) in [7, 11) is 0. The van der Waals surface area contributed by atoms with Crippen LogP contribution in [0.15, 0.2) is 87.6 Å². The molecule has 0 saturated heterocycles. The zero-order valence-electron chi connectivity index (χ0n) is 17.6. The van der Waals surface area contributed by atoms with Gasteiger partial charge in [-0.15, -0.1) is 11.3 Å². The highest BCUT2D eigenvalue weighted by Gasteiger charge is 2.18. The molecule has 0 atom stereocenters. The number of carbonyl (C=O) groups excluding carboxylic acids is 2. The molecule has 3 heterocycles. The molecule has 34 heavy (non-hydrogen) atoms. The largest absolute Gasteiger partial charge is 0.459 e. The molecule has 9 heteroatoms. The summed E-state index contributed by atoms with van der Waals surface area (Å²) in [6, 6.07) is 19.1. The van der Waals surface area contributed by atoms with Gasteiger partial charge in [-0.1, -0.05) is 42.5 Å². The van der Waals surface area contributed by atoms with E-state index >= 15 is 0 Å². The van der Waals surface area contributed by atoms with Gasteiger partial charge in [0.15, 0.2) is 5.76 Å². The fraction of sp³-hybridized carbons (Fsp3) is 0.0400. The summed E-state index contributed by atoms with van der Waals surface area (Å²) in [6.45, 7) is -0.233. The van der Waals surface area contributed by atoms with Gasteiger partial charge in [0.05, 0.1) is 22.9 Å². The molecule has 0 aliphatic carbocycles. The lowest BCUT2D eigenvalue weighted by Gasteiger charge is -2.10. The van der Waals surface area contributed by atoms with Crippen LogP contribution in [0.4, 0.5) is 5.69 Å². The number of anilines is 1. The van der Waals surface area contributed by atoms with Crippen molar-refractivity contribution in [1.29, 1.82) is 0 Å². The van der Waals surface area contributed by atoms with Crippen LogP contribution in [0.25, 0.3) is 21.3 Å². The second kappa shape index (κ2) is 9.16. The number of thiophene rings is 1. The van der Waals surface area contributed by atoms with Gasteiger partial charge in [-0.05, 0) is 29.8 Å². The highest BCUT2D eigenvalue weighted by Crippen LogP contribution is 2.30. The Kier molecular flexibility index (Phi) is 5.75. The molecule has 5 aromatic rings. The van der Waals surface area contributed by atoms with Crippen molar-refractivity contribution in [1.82, 2.24) is 9.97 Å². The second-order valence-corrected chi connectivity index (χ2v) is 8.12. The van der Waals surface area contributed by atoms with Crippen LogP contribution < -0.4 is 10.9 Å². The maximum absolute atomic E-state index is 12.8. The monoisotopic (exact) mass is 471 g/mol. The summed E-state index contributed by atoms with van der Waals surface area (Å²) in [4.78, 5) is 45.5. The summed E-state index contributed by atoms with van der Waals surface area (Å²) >= 11 is 1.35. The summed E-state index contributed by atoms with van der Waals surface area (Å²) < 4.78 is 10.5. The molecule has 0 unspecified atom stereocenters. The number of nitrogens with zero attached hydrogens (tertiary/aromatic N) is 1. The van der Waals surface area contributed by atoms with E-state index in [4.69, 9.17) is 9.15 Å². The predicted molar refractivity (Wildman–Crippen MR) is 128 cm³/mol. The average molecular weight is 471 g/mol. The molecular formula is C25H17N3O5S. The molecule has 168 valence electrons. The molecule has 0 radical (unpaired) electrons. The van der Waals surface area contributed by atoms with E-state index in [0.717, 1.165) is 11.1 Å². The van der Waals surface area contributed by atoms with Crippen LogP contribution in [-0.2, 0) is 11.3 Å². The van der Waals surface area contributed by atoms with Crippen molar-refractivity contribution in [3.8, 4) is 11.1 Å². The molecule has 2 N–H and O–H groups in total. The van der Waals surface area contributed by atoms with Crippen molar-refractivity contribution in [3.05, 3.63) is 106 Å². The summed E-state index contributed by atoms with van der Waals surface area (Å²) in [5.41, 5.74) is 1.86. The molecule has 5 rings (SSSR count). The molecule has 0 saturated carbocycles. The molecule has 0 fully saturated rings. The molecule has 0 aliphatic heterocycles. The molecule has 0 bridgehead atoms. The lowest BCUT2D eigenvalue weighted by molar-refractivity contribution is 0.0463. The van der Waals surface area contributed by atoms with E-state index < -0.39 is 11.9 Å². The number of benzene rings is 2. The Morgan fingerprint density at radius 3 is 2.62 bits per heavy atom. The van der Waals surface area contributed by atoms with Gasteiger partial charge in [0.2, 0.25) is 0 Å². The number of rotatable bonds is 6. The Bertz CT molecular complexity index is 1540. The summed E-state index contributed by atoms with van der Waals surface area (Å²) in [5, 5.41) is 5.02. The highest BCUT2D eigenvalue weighted by molar-refractivity contribution is 7.17. The highest BCUT2D eigenvalue weighted by atomic mass is 32.1. The second-order valence-electron chi connectivity index (χ2n) is 7.26. The van der Waals surface area contributed by atoms with E-state index in [1.807, 2.05) is 35.7 Å². The summed E-state index contributed by atoms with van der Waals surface area (Å²) in [5.74, 6) is -0.823. The first-order valence-electron chi connectivity index (χ1n) is 10.3. The van der Waals surface area contributed by atoms with Gasteiger partial charge < -0.3 is 19.5 Å². The first-order valence-corrected chi connectivity index (χ1v) is 11.1. The van der Waals surface area contributed by atoms with Crippen molar-refractivity contribution >= 4 is 39.1 Å². The van der Waals surface area contributed by atoms with Crippen molar-refractivity contribution in [2.24, 2.45) is 0 Å². The fourth-order valence-corrected chi connectivity index (χ4v) is 4.43. The molecule has 3 aromatic heterocycles. The number of ether oxygens (including phenoxy) is 1. The van der Waals surface area contributed by atoms with Crippen LogP contribution in [0, 0.1) is 0 Å². The summed E-state index contributed by atoms with van der Waals surface area (Å²) in [6.07, 6.45) is 1.39. The quantitative estimate of drug-likeness (QED) is 0.342. The first-order chi connectivity index (χ1) is 16.6. The number of aromatic amines is 1. The lowest BCUT2D eigenvalue weighted by Crippen LogP contribution is -2.17. The molecule has 0 spiro atoms. The van der Waals surface area contributed by atoms with E-state index in [0.29, 0.717) is 10.2 Å². The van der Waals surface area contributed by atoms with Gasteiger partial charge in [-0.25, -0.2) is 9.78 Å². The van der Waals surface area contributed by atoms with Gasteiger partial charge in [0, 0.05) is 10.9 Å². The number of fused-ring (bicyclic) bond motifs is 1. The maximum atomic E-state index is 12.8. The van der Waals surface area contributed by atoms with Crippen LogP contribution in [0.1, 0.15) is 26.7 Å². The van der Waals surface area contributed by atoms with Crippen LogP contribution in [-0.4, -0.2) is 21.8 Å². The van der Waals surface area contributed by atoms with Gasteiger partial charge in [-0.3, -0.25) is 9.59 Å². The minimum atomic E-state index is -0.672. The molecule has 0 aliphatic rings. The first kappa shape index (κ1) is 21.4. The van der Waals surface area contributed by atoms with Crippen LogP contribution in [0.2, 0.25) is 0 Å². The minimum Gasteiger partial charge on any atom is -0.459 e. The molecule has 2 aromatic carbocycles. The SMILES string of the molecule is O=C(Nc1ccccc1C(=O)OCc1nc2scc(-c3ccccc3)c2c(=O)[nH]1)c1ccco1. The number of carbonyl (C=O) groups is 2. The van der Waals surface area contributed by atoms with Gasteiger partial charge in [0.25, 0.3) is 11.5 Å². The minimum absolute atomic E-state index is 0.115. The van der Waals surface area contributed by atoms with Gasteiger partial charge in [-0.2, -0.15) is 0 Å². The zero-order chi connectivity index (χ0) is 23.5. The van der Waals surface area contributed by atoms with Crippen LogP contribution >= 0.6 is 11.3 Å². The van der Waals surface area contributed by atoms with Gasteiger partial charge >= 0.3 is 5.97 Å². The zero-order valence-corrected chi connectivity index (χ0v) is 18.4. The Hall–Kier alpha value is -4.50. The van der Waals surface area contributed by atoms with E-state index in [9.17, 15) is 14.4 Å². The fourth-order valence-electron chi connectivity index (χ4n) is 3.47. The smallest absolute Gasteiger partial charge is 0.340 e. The van der Waals surface area contributed by atoms with E-state index in [2.05, 4.69) is 15.3 Å². The number of furan rings is 1. The van der Waals surface area contributed by atoms with Crippen molar-refractivity contribution in [2.45, 2.75) is 6.61 Å². The third kappa shape index (κ3) is 4.24. The Balaban J connectivity index is 1.34. The maximum Gasteiger partial charge on any atom is 0.340 e. The van der Waals surface area contributed by atoms with Crippen molar-refractivity contribution in [3.63, 3.8) is 0 Å². The molecular weight excluding hydrogens is 454 g/mol. The van der Waals surface area contributed by atoms with Crippen LogP contribution in [0.5, 0.6) is 0 Å². The number of amides is 1.